The average Bonchev–Trinajstić information content (AvgIpc) is 2.82. The zero-order chi connectivity index (χ0) is 13.1. The Morgan fingerprint density at radius 3 is 2.83 bits per heavy atom. The number of hydrogen-bond donors (Lipinski definition) is 0. The van der Waals surface area contributed by atoms with Crippen molar-refractivity contribution in [1.82, 2.24) is 0 Å². The minimum Gasteiger partial charge on any atom is -0.293 e. The summed E-state index contributed by atoms with van der Waals surface area (Å²) in [6.45, 7) is 1.98. The number of hydrogen-bond acceptors (Lipinski definition) is 2. The van der Waals surface area contributed by atoms with Crippen LogP contribution in [0.3, 0.4) is 0 Å². The Kier molecular flexibility index (Phi) is 4.30. The van der Waals surface area contributed by atoms with Gasteiger partial charge < -0.3 is 0 Å². The molecule has 0 aliphatic carbocycles. The maximum Gasteiger partial charge on any atom is 0.172 e. The molecule has 18 heavy (non-hydrogen) atoms. The molecule has 0 N–H and O–H groups in total. The lowest BCUT2D eigenvalue weighted by Crippen LogP contribution is -1.93. The smallest absolute Gasteiger partial charge is 0.172 e. The van der Waals surface area contributed by atoms with Gasteiger partial charge in [-0.05, 0) is 36.8 Å². The van der Waals surface area contributed by atoms with Crippen molar-refractivity contribution in [3.63, 3.8) is 0 Å². The molecule has 1 aromatic heterocycles. The Bertz CT molecular complexity index is 577. The molecule has 0 saturated heterocycles. The summed E-state index contributed by atoms with van der Waals surface area (Å²) in [5.41, 5.74) is 0.788. The van der Waals surface area contributed by atoms with Crippen LogP contribution in [0.15, 0.2) is 34.8 Å². The Hall–Kier alpha value is -1.00. The van der Waals surface area contributed by atoms with Crippen molar-refractivity contribution >= 4 is 33.0 Å². The van der Waals surface area contributed by atoms with Crippen molar-refractivity contribution in [2.45, 2.75) is 19.8 Å². The van der Waals surface area contributed by atoms with Gasteiger partial charge in [0.25, 0.3) is 0 Å². The van der Waals surface area contributed by atoms with Crippen LogP contribution in [0.1, 0.15) is 29.4 Å². The van der Waals surface area contributed by atoms with Crippen LogP contribution >= 0.6 is 27.3 Å². The molecule has 2 rings (SSSR count). The molecular formula is C14H12BrFOS. The highest BCUT2D eigenvalue weighted by atomic mass is 79.9. The van der Waals surface area contributed by atoms with Crippen LogP contribution in [0, 0.1) is 5.82 Å². The summed E-state index contributed by atoms with van der Waals surface area (Å²) in [6, 6.07) is 8.24. The van der Waals surface area contributed by atoms with Crippen LogP contribution < -0.4 is 0 Å². The Morgan fingerprint density at radius 2 is 2.11 bits per heavy atom. The second-order valence-electron chi connectivity index (χ2n) is 3.96. The van der Waals surface area contributed by atoms with Gasteiger partial charge in [0.05, 0.1) is 4.88 Å². The minimum absolute atomic E-state index is 0.154. The molecule has 0 aliphatic heterocycles. The molecule has 4 heteroatoms. The maximum atomic E-state index is 13.2. The van der Waals surface area contributed by atoms with E-state index in [9.17, 15) is 9.18 Å². The molecule has 0 unspecified atom stereocenters. The molecule has 0 spiro atoms. The quantitative estimate of drug-likeness (QED) is 0.697. The van der Waals surface area contributed by atoms with Gasteiger partial charge in [0.2, 0.25) is 0 Å². The first-order chi connectivity index (χ1) is 8.61. The molecular weight excluding hydrogens is 315 g/mol. The second-order valence-corrected chi connectivity index (χ2v) is 5.90. The van der Waals surface area contributed by atoms with E-state index in [-0.39, 0.29) is 11.6 Å². The van der Waals surface area contributed by atoms with Gasteiger partial charge >= 0.3 is 0 Å². The van der Waals surface area contributed by atoms with E-state index in [2.05, 4.69) is 15.9 Å². The number of carbonyl (C=O) groups excluding carboxylic acids is 1. The van der Waals surface area contributed by atoms with Gasteiger partial charge in [0.15, 0.2) is 5.78 Å². The monoisotopic (exact) mass is 326 g/mol. The zero-order valence-electron chi connectivity index (χ0n) is 9.87. The average molecular weight is 327 g/mol. The molecule has 1 aromatic carbocycles. The number of Topliss-reactive ketones (excluding diaryl/α,β-unsaturated/α-hetero) is 1. The predicted molar refractivity (Wildman–Crippen MR) is 76.7 cm³/mol. The molecule has 0 fully saturated rings. The first-order valence-corrected chi connectivity index (χ1v) is 7.31. The van der Waals surface area contributed by atoms with E-state index in [0.717, 1.165) is 26.2 Å². The lowest BCUT2D eigenvalue weighted by atomic mass is 10.2. The third-order valence-electron chi connectivity index (χ3n) is 2.55. The van der Waals surface area contributed by atoms with Crippen LogP contribution in [-0.2, 0) is 0 Å². The van der Waals surface area contributed by atoms with E-state index in [1.54, 1.807) is 6.07 Å². The van der Waals surface area contributed by atoms with Gasteiger partial charge in [-0.25, -0.2) is 4.39 Å². The van der Waals surface area contributed by atoms with Gasteiger partial charge in [-0.1, -0.05) is 22.9 Å². The number of carbonyl (C=O) groups is 1. The van der Waals surface area contributed by atoms with Crippen molar-refractivity contribution in [2.24, 2.45) is 0 Å². The third kappa shape index (κ3) is 2.87. The van der Waals surface area contributed by atoms with Crippen molar-refractivity contribution in [2.75, 3.05) is 0 Å². The number of benzene rings is 1. The summed E-state index contributed by atoms with van der Waals surface area (Å²) < 4.78 is 14.1. The van der Waals surface area contributed by atoms with Crippen LogP contribution in [0.25, 0.3) is 10.4 Å². The molecule has 0 saturated carbocycles. The fourth-order valence-corrected chi connectivity index (χ4v) is 3.26. The van der Waals surface area contributed by atoms with Gasteiger partial charge in [-0.2, -0.15) is 0 Å². The van der Waals surface area contributed by atoms with E-state index in [4.69, 9.17) is 0 Å². The first-order valence-electron chi connectivity index (χ1n) is 5.70. The zero-order valence-corrected chi connectivity index (χ0v) is 12.3. The number of halogens is 2. The highest BCUT2D eigenvalue weighted by Gasteiger charge is 2.11. The third-order valence-corrected chi connectivity index (χ3v) is 4.40. The lowest BCUT2D eigenvalue weighted by molar-refractivity contribution is 0.0985. The van der Waals surface area contributed by atoms with Crippen molar-refractivity contribution in [3.05, 3.63) is 45.5 Å². The fourth-order valence-electron chi connectivity index (χ4n) is 1.67. The summed E-state index contributed by atoms with van der Waals surface area (Å²) in [5.74, 6) is -0.121. The van der Waals surface area contributed by atoms with Gasteiger partial charge in [0.1, 0.15) is 5.82 Å². The molecule has 0 aliphatic rings. The normalized spacial score (nSPS) is 10.6. The SMILES string of the molecule is CCCC(=O)c1ccc(-c2cc(F)ccc2Br)s1. The maximum absolute atomic E-state index is 13.2. The van der Waals surface area contributed by atoms with Gasteiger partial charge in [-0.3, -0.25) is 4.79 Å². The predicted octanol–water partition coefficient (Wildman–Crippen LogP) is 5.30. The molecule has 0 bridgehead atoms. The molecule has 0 amide bonds. The second kappa shape index (κ2) is 5.76. The van der Waals surface area contributed by atoms with E-state index < -0.39 is 0 Å². The lowest BCUT2D eigenvalue weighted by Gasteiger charge is -2.01. The van der Waals surface area contributed by atoms with Crippen LogP contribution in [0.5, 0.6) is 0 Å². The Labute approximate surface area is 118 Å². The van der Waals surface area contributed by atoms with Crippen LogP contribution in [-0.4, -0.2) is 5.78 Å². The van der Waals surface area contributed by atoms with E-state index in [1.165, 1.54) is 23.5 Å². The number of ketones is 1. The first kappa shape index (κ1) is 13.4. The number of rotatable bonds is 4. The minimum atomic E-state index is -0.275. The molecule has 0 radical (unpaired) electrons. The summed E-state index contributed by atoms with van der Waals surface area (Å²) in [7, 11) is 0. The summed E-state index contributed by atoms with van der Waals surface area (Å²) >= 11 is 4.81. The molecule has 1 heterocycles. The largest absolute Gasteiger partial charge is 0.293 e. The van der Waals surface area contributed by atoms with Gasteiger partial charge in [-0.15, -0.1) is 11.3 Å². The topological polar surface area (TPSA) is 17.1 Å². The summed E-state index contributed by atoms with van der Waals surface area (Å²) in [6.07, 6.45) is 1.40. The van der Waals surface area contributed by atoms with E-state index >= 15 is 0 Å². The van der Waals surface area contributed by atoms with E-state index in [0.29, 0.717) is 6.42 Å². The fraction of sp³-hybridized carbons (Fsp3) is 0.214. The molecule has 0 atom stereocenters. The molecule has 94 valence electrons. The van der Waals surface area contributed by atoms with Gasteiger partial charge in [0, 0.05) is 21.3 Å². The summed E-state index contributed by atoms with van der Waals surface area (Å²) in [5, 5.41) is 0. The standard InChI is InChI=1S/C14H12BrFOS/c1-2-3-12(17)14-7-6-13(18-14)10-8-9(16)4-5-11(10)15/h4-8H,2-3H2,1H3. The van der Waals surface area contributed by atoms with Crippen molar-refractivity contribution < 1.29 is 9.18 Å². The summed E-state index contributed by atoms with van der Waals surface area (Å²) in [4.78, 5) is 13.4. The van der Waals surface area contributed by atoms with Crippen molar-refractivity contribution in [3.8, 4) is 10.4 Å². The Morgan fingerprint density at radius 1 is 1.33 bits per heavy atom. The highest BCUT2D eigenvalue weighted by Crippen LogP contribution is 2.34. The van der Waals surface area contributed by atoms with E-state index in [1.807, 2.05) is 19.1 Å². The Balaban J connectivity index is 2.35. The van der Waals surface area contributed by atoms with Crippen LogP contribution in [0.2, 0.25) is 0 Å². The number of thiophene rings is 1. The van der Waals surface area contributed by atoms with Crippen molar-refractivity contribution in [1.29, 1.82) is 0 Å². The molecule has 1 nitrogen and oxygen atoms in total. The molecule has 2 aromatic rings. The van der Waals surface area contributed by atoms with Crippen LogP contribution in [0.4, 0.5) is 4.39 Å². The highest BCUT2D eigenvalue weighted by molar-refractivity contribution is 9.10.